The van der Waals surface area contributed by atoms with Crippen LogP contribution in [0.3, 0.4) is 0 Å². The molecule has 1 aliphatic heterocycles. The Morgan fingerprint density at radius 3 is 1.38 bits per heavy atom. The number of rotatable bonds is 44. The summed E-state index contributed by atoms with van der Waals surface area (Å²) >= 11 is 0. The molecule has 0 aromatic heterocycles. The van der Waals surface area contributed by atoms with Crippen LogP contribution in [0.1, 0.15) is 272 Å². The third kappa shape index (κ3) is 37.4. The fraction of sp³-hybridized carbons (Fsp3) is 0.962. The summed E-state index contributed by atoms with van der Waals surface area (Å²) in [6.07, 6.45) is 49.1. The minimum atomic E-state index is -0.343. The molecule has 0 aromatic carbocycles. The van der Waals surface area contributed by atoms with E-state index in [-0.39, 0.29) is 24.3 Å². The Bertz CT molecular complexity index is 881. The molecule has 0 bridgehead atoms. The number of hydrogen-bond donors (Lipinski definition) is 1. The number of hydrogen-bond acceptors (Lipinski definition) is 6. The lowest BCUT2D eigenvalue weighted by Gasteiger charge is -2.29. The molecule has 1 aliphatic rings. The van der Waals surface area contributed by atoms with E-state index >= 15 is 0 Å². The highest BCUT2D eigenvalue weighted by Gasteiger charge is 2.40. The van der Waals surface area contributed by atoms with Crippen LogP contribution in [0.25, 0.3) is 0 Å². The molecule has 0 radical (unpaired) electrons. The van der Waals surface area contributed by atoms with E-state index in [2.05, 4.69) is 46.7 Å². The summed E-state index contributed by atoms with van der Waals surface area (Å²) < 4.78 is 18.9. The van der Waals surface area contributed by atoms with Crippen LogP contribution in [-0.2, 0) is 23.8 Å². The Balaban J connectivity index is 0.0000112. The van der Waals surface area contributed by atoms with Crippen molar-refractivity contribution in [1.82, 2.24) is 4.90 Å². The van der Waals surface area contributed by atoms with E-state index in [0.29, 0.717) is 18.9 Å². The molecule has 0 saturated carbocycles. The third-order valence-corrected chi connectivity index (χ3v) is 13.0. The summed E-state index contributed by atoms with van der Waals surface area (Å²) in [5, 5.41) is 6.89. The predicted molar refractivity (Wildman–Crippen MR) is 257 cm³/mol. The summed E-state index contributed by atoms with van der Waals surface area (Å²) in [5.41, 5.74) is 0. The SMILES string of the molecule is CCCCCC(CCCCC)CCCCCCCCCCCC1(CCCCCCCCCCOC(=O)CC(CCCCC)CCCCC)OCC(CCN(C)C)O1.O=CO. The zero-order valence-electron chi connectivity index (χ0n) is 41.2. The van der Waals surface area contributed by atoms with E-state index in [1.54, 1.807) is 0 Å². The maximum atomic E-state index is 12.5. The highest BCUT2D eigenvalue weighted by molar-refractivity contribution is 5.69. The first-order valence-electron chi connectivity index (χ1n) is 26.5. The van der Waals surface area contributed by atoms with Gasteiger partial charge >= 0.3 is 5.97 Å². The summed E-state index contributed by atoms with van der Waals surface area (Å²) in [4.78, 5) is 23.1. The molecule has 1 fully saturated rings. The van der Waals surface area contributed by atoms with Gasteiger partial charge in [-0.15, -0.1) is 0 Å². The predicted octanol–water partition coefficient (Wildman–Crippen LogP) is 16.0. The van der Waals surface area contributed by atoms with Crippen LogP contribution in [0.5, 0.6) is 0 Å². The van der Waals surface area contributed by atoms with Crippen molar-refractivity contribution in [2.24, 2.45) is 11.8 Å². The maximum Gasteiger partial charge on any atom is 0.306 e. The zero-order valence-corrected chi connectivity index (χ0v) is 41.2. The van der Waals surface area contributed by atoms with Crippen LogP contribution in [-0.4, -0.2) is 68.2 Å². The number of carboxylic acid groups (broad SMARTS) is 1. The lowest BCUT2D eigenvalue weighted by atomic mass is 9.90. The Labute approximate surface area is 374 Å². The quantitative estimate of drug-likeness (QED) is 0.0371. The molecule has 358 valence electrons. The second kappa shape index (κ2) is 44.4. The van der Waals surface area contributed by atoms with Gasteiger partial charge in [0.25, 0.3) is 6.47 Å². The third-order valence-electron chi connectivity index (χ3n) is 13.0. The lowest BCUT2D eigenvalue weighted by molar-refractivity contribution is -0.180. The molecule has 7 nitrogen and oxygen atoms in total. The van der Waals surface area contributed by atoms with Gasteiger partial charge in [0.2, 0.25) is 0 Å². The van der Waals surface area contributed by atoms with Gasteiger partial charge in [0, 0.05) is 25.8 Å². The van der Waals surface area contributed by atoms with E-state index in [4.69, 9.17) is 24.1 Å². The molecule has 7 heteroatoms. The second-order valence-corrected chi connectivity index (χ2v) is 19.1. The molecule has 1 N–H and O–H groups in total. The molecule has 0 spiro atoms. The Morgan fingerprint density at radius 1 is 0.600 bits per heavy atom. The number of carbonyl (C=O) groups is 2. The van der Waals surface area contributed by atoms with Gasteiger partial charge in [0.15, 0.2) is 5.79 Å². The molecule has 2 unspecified atom stereocenters. The monoisotopic (exact) mass is 852 g/mol. The highest BCUT2D eigenvalue weighted by atomic mass is 16.7. The molecule has 0 amide bonds. The first kappa shape index (κ1) is 58.8. The Morgan fingerprint density at radius 2 is 0.967 bits per heavy atom. The van der Waals surface area contributed by atoms with Crippen LogP contribution in [0.2, 0.25) is 0 Å². The van der Waals surface area contributed by atoms with E-state index in [0.717, 1.165) is 44.8 Å². The topological polar surface area (TPSA) is 85.3 Å². The summed E-state index contributed by atoms with van der Waals surface area (Å²) in [7, 11) is 4.30. The van der Waals surface area contributed by atoms with E-state index < -0.39 is 0 Å². The first-order valence-corrected chi connectivity index (χ1v) is 26.5. The van der Waals surface area contributed by atoms with E-state index in [1.165, 1.54) is 212 Å². The molecule has 1 saturated heterocycles. The van der Waals surface area contributed by atoms with Gasteiger partial charge in [-0.2, -0.15) is 0 Å². The largest absolute Gasteiger partial charge is 0.483 e. The second-order valence-electron chi connectivity index (χ2n) is 19.1. The minimum Gasteiger partial charge on any atom is -0.483 e. The number of ether oxygens (including phenoxy) is 3. The van der Waals surface area contributed by atoms with Gasteiger partial charge in [-0.25, -0.2) is 0 Å². The molecule has 2 atom stereocenters. The fourth-order valence-corrected chi connectivity index (χ4v) is 9.16. The zero-order chi connectivity index (χ0) is 44.2. The molecular weight excluding hydrogens is 747 g/mol. The average molecular weight is 852 g/mol. The van der Waals surface area contributed by atoms with Crippen molar-refractivity contribution in [2.75, 3.05) is 33.9 Å². The Hall–Kier alpha value is -1.18. The molecule has 1 heterocycles. The van der Waals surface area contributed by atoms with Gasteiger partial charge < -0.3 is 24.2 Å². The molecular formula is C53H105NO6. The molecule has 60 heavy (non-hydrogen) atoms. The minimum absolute atomic E-state index is 0.0374. The molecule has 0 aromatic rings. The van der Waals surface area contributed by atoms with Gasteiger partial charge in [-0.3, -0.25) is 9.59 Å². The van der Waals surface area contributed by atoms with Gasteiger partial charge in [0.1, 0.15) is 0 Å². The summed E-state index contributed by atoms with van der Waals surface area (Å²) in [6.45, 7) is 11.4. The van der Waals surface area contributed by atoms with Crippen molar-refractivity contribution < 1.29 is 28.9 Å². The smallest absolute Gasteiger partial charge is 0.306 e. The lowest BCUT2D eigenvalue weighted by Crippen LogP contribution is -2.31. The van der Waals surface area contributed by atoms with Gasteiger partial charge in [0.05, 0.1) is 19.3 Å². The van der Waals surface area contributed by atoms with Crippen molar-refractivity contribution in [2.45, 2.75) is 284 Å². The number of esters is 1. The van der Waals surface area contributed by atoms with Crippen molar-refractivity contribution in [3.63, 3.8) is 0 Å². The van der Waals surface area contributed by atoms with Crippen LogP contribution < -0.4 is 0 Å². The van der Waals surface area contributed by atoms with Crippen molar-refractivity contribution in [3.8, 4) is 0 Å². The van der Waals surface area contributed by atoms with Crippen molar-refractivity contribution in [1.29, 1.82) is 0 Å². The maximum absolute atomic E-state index is 12.5. The van der Waals surface area contributed by atoms with Crippen LogP contribution in [0.4, 0.5) is 0 Å². The number of nitrogens with zero attached hydrogens (tertiary/aromatic N) is 1. The van der Waals surface area contributed by atoms with Crippen LogP contribution in [0.15, 0.2) is 0 Å². The standard InChI is InChI=1S/C52H103NO4.CH2O2/c1-7-11-28-36-48(37-29-12-8-2)38-32-24-20-16-15-17-21-25-33-42-52(56-47-50(57-52)41-44-53(5)6)43-34-26-22-18-19-23-27-35-45-55-51(54)46-49(39-30-13-9-3)40-31-14-10-4;2-1-3/h48-50H,7-47H2,1-6H3;1H,(H,2,3). The van der Waals surface area contributed by atoms with Crippen LogP contribution >= 0.6 is 0 Å². The summed E-state index contributed by atoms with van der Waals surface area (Å²) in [5.74, 6) is 1.21. The molecule has 1 rings (SSSR count). The van der Waals surface area contributed by atoms with Gasteiger partial charge in [-0.1, -0.05) is 214 Å². The fourth-order valence-electron chi connectivity index (χ4n) is 9.16. The number of unbranched alkanes of at least 4 members (excludes halogenated alkanes) is 23. The van der Waals surface area contributed by atoms with Crippen molar-refractivity contribution >= 4 is 12.4 Å². The van der Waals surface area contributed by atoms with Gasteiger partial charge in [-0.05, 0) is 64.5 Å². The molecule has 0 aliphatic carbocycles. The summed E-state index contributed by atoms with van der Waals surface area (Å²) in [6, 6.07) is 0. The Kier molecular flexibility index (Phi) is 43.6. The normalized spacial score (nSPS) is 16.5. The van der Waals surface area contributed by atoms with E-state index in [9.17, 15) is 4.79 Å². The average Bonchev–Trinajstić information content (AvgIpc) is 3.64. The van der Waals surface area contributed by atoms with E-state index in [1.807, 2.05) is 0 Å². The van der Waals surface area contributed by atoms with Crippen LogP contribution in [0, 0.1) is 11.8 Å². The highest BCUT2D eigenvalue weighted by Crippen LogP contribution is 2.36. The first-order chi connectivity index (χ1) is 29.3. The van der Waals surface area contributed by atoms with Crippen molar-refractivity contribution in [3.05, 3.63) is 0 Å². The number of carbonyl (C=O) groups excluding carboxylic acids is 1.